The summed E-state index contributed by atoms with van der Waals surface area (Å²) in [6.07, 6.45) is 0. The summed E-state index contributed by atoms with van der Waals surface area (Å²) in [5.41, 5.74) is 13.4. The van der Waals surface area contributed by atoms with E-state index in [4.69, 9.17) is 0 Å². The molecule has 0 amide bonds. The third-order valence-corrected chi connectivity index (χ3v) is 11.4. The van der Waals surface area contributed by atoms with E-state index < -0.39 is 0 Å². The highest BCUT2D eigenvalue weighted by atomic mass is 15.0. The zero-order valence-corrected chi connectivity index (χ0v) is 30.2. The largest absolute Gasteiger partial charge is 0.309 e. The van der Waals surface area contributed by atoms with Crippen LogP contribution in [0.3, 0.4) is 0 Å². The van der Waals surface area contributed by atoms with Crippen molar-refractivity contribution in [1.82, 2.24) is 4.57 Å². The average Bonchev–Trinajstić information content (AvgIpc) is 3.59. The first-order valence-corrected chi connectivity index (χ1v) is 19.0. The van der Waals surface area contributed by atoms with Gasteiger partial charge in [-0.3, -0.25) is 0 Å². The molecule has 0 atom stereocenters. The van der Waals surface area contributed by atoms with E-state index in [0.29, 0.717) is 0 Å². The molecule has 11 aromatic rings. The zero-order chi connectivity index (χ0) is 36.3. The Balaban J connectivity index is 1.05. The van der Waals surface area contributed by atoms with Crippen molar-refractivity contribution in [3.8, 4) is 50.2 Å². The molecule has 1 heterocycles. The molecular formula is C54H35N. The van der Waals surface area contributed by atoms with Gasteiger partial charge >= 0.3 is 0 Å². The van der Waals surface area contributed by atoms with Crippen LogP contribution in [-0.4, -0.2) is 4.57 Å². The predicted molar refractivity (Wildman–Crippen MR) is 235 cm³/mol. The van der Waals surface area contributed by atoms with Gasteiger partial charge in [-0.25, -0.2) is 0 Å². The normalized spacial score (nSPS) is 11.6. The average molecular weight is 698 g/mol. The van der Waals surface area contributed by atoms with Crippen LogP contribution in [0.4, 0.5) is 0 Å². The van der Waals surface area contributed by atoms with Crippen LogP contribution >= 0.6 is 0 Å². The van der Waals surface area contributed by atoms with E-state index in [1.165, 1.54) is 104 Å². The Hall–Kier alpha value is -7.22. The predicted octanol–water partition coefficient (Wildman–Crippen LogP) is 14.9. The number of rotatable bonds is 5. The molecule has 10 aromatic carbocycles. The fraction of sp³-hybridized carbons (Fsp3) is 0. The van der Waals surface area contributed by atoms with Crippen molar-refractivity contribution in [2.75, 3.05) is 0 Å². The van der Waals surface area contributed by atoms with Gasteiger partial charge < -0.3 is 4.57 Å². The second kappa shape index (κ2) is 12.7. The lowest BCUT2D eigenvalue weighted by Gasteiger charge is -2.16. The molecule has 0 radical (unpaired) electrons. The molecule has 0 aliphatic carbocycles. The molecule has 0 bridgehead atoms. The summed E-state index contributed by atoms with van der Waals surface area (Å²) in [5.74, 6) is 0. The zero-order valence-electron chi connectivity index (χ0n) is 30.2. The van der Waals surface area contributed by atoms with Gasteiger partial charge in [-0.1, -0.05) is 176 Å². The first kappa shape index (κ1) is 31.3. The van der Waals surface area contributed by atoms with Gasteiger partial charge in [0, 0.05) is 16.2 Å². The molecule has 55 heavy (non-hydrogen) atoms. The number of nitrogens with zero attached hydrogens (tertiary/aromatic N) is 1. The molecule has 0 saturated carbocycles. The van der Waals surface area contributed by atoms with E-state index >= 15 is 0 Å². The van der Waals surface area contributed by atoms with Crippen molar-refractivity contribution in [2.45, 2.75) is 0 Å². The smallest absolute Gasteiger partial charge is 0.0541 e. The van der Waals surface area contributed by atoms with Crippen LogP contribution in [0.25, 0.3) is 104 Å². The van der Waals surface area contributed by atoms with Crippen LogP contribution < -0.4 is 0 Å². The molecule has 11 rings (SSSR count). The number of fused-ring (bicyclic) bond motifs is 6. The lowest BCUT2D eigenvalue weighted by atomic mass is 9.89. The van der Waals surface area contributed by atoms with E-state index in [2.05, 4.69) is 217 Å². The number of benzene rings is 10. The highest BCUT2D eigenvalue weighted by Gasteiger charge is 2.16. The second-order valence-electron chi connectivity index (χ2n) is 14.5. The number of aromatic nitrogens is 1. The van der Waals surface area contributed by atoms with Gasteiger partial charge in [0.1, 0.15) is 0 Å². The van der Waals surface area contributed by atoms with Gasteiger partial charge in [-0.15, -0.1) is 0 Å². The summed E-state index contributed by atoms with van der Waals surface area (Å²) in [4.78, 5) is 0. The maximum Gasteiger partial charge on any atom is 0.0541 e. The minimum Gasteiger partial charge on any atom is -0.309 e. The molecule has 0 N–H and O–H groups in total. The van der Waals surface area contributed by atoms with Crippen molar-refractivity contribution in [3.63, 3.8) is 0 Å². The van der Waals surface area contributed by atoms with Crippen LogP contribution in [0.1, 0.15) is 0 Å². The van der Waals surface area contributed by atoms with Gasteiger partial charge in [0.25, 0.3) is 0 Å². The molecule has 0 aliphatic heterocycles. The summed E-state index contributed by atoms with van der Waals surface area (Å²) >= 11 is 0. The minimum atomic E-state index is 1.19. The Bertz CT molecular complexity index is 3090. The lowest BCUT2D eigenvalue weighted by molar-refractivity contribution is 1.20. The van der Waals surface area contributed by atoms with Crippen molar-refractivity contribution < 1.29 is 0 Å². The molecule has 1 heteroatoms. The lowest BCUT2D eigenvalue weighted by Crippen LogP contribution is -1.96. The Kier molecular flexibility index (Phi) is 7.25. The van der Waals surface area contributed by atoms with E-state index in [0.717, 1.165) is 0 Å². The Morgan fingerprint density at radius 2 is 0.655 bits per heavy atom. The summed E-state index contributed by atoms with van der Waals surface area (Å²) in [7, 11) is 0. The summed E-state index contributed by atoms with van der Waals surface area (Å²) < 4.78 is 2.43. The molecule has 256 valence electrons. The highest BCUT2D eigenvalue weighted by molar-refractivity contribution is 6.11. The minimum absolute atomic E-state index is 1.19. The Morgan fingerprint density at radius 1 is 0.236 bits per heavy atom. The summed E-state index contributed by atoms with van der Waals surface area (Å²) in [6.45, 7) is 0. The highest BCUT2D eigenvalue weighted by Crippen LogP contribution is 2.41. The molecule has 1 aromatic heterocycles. The van der Waals surface area contributed by atoms with Crippen molar-refractivity contribution in [1.29, 1.82) is 0 Å². The molecule has 1 nitrogen and oxygen atoms in total. The molecule has 0 saturated heterocycles. The van der Waals surface area contributed by atoms with Crippen molar-refractivity contribution in [3.05, 3.63) is 212 Å². The van der Waals surface area contributed by atoms with Crippen LogP contribution in [-0.2, 0) is 0 Å². The Morgan fingerprint density at radius 3 is 1.24 bits per heavy atom. The monoisotopic (exact) mass is 697 g/mol. The molecular weight excluding hydrogens is 663 g/mol. The number of para-hydroxylation sites is 2. The van der Waals surface area contributed by atoms with E-state index in [1.54, 1.807) is 0 Å². The van der Waals surface area contributed by atoms with E-state index in [9.17, 15) is 0 Å². The van der Waals surface area contributed by atoms with Gasteiger partial charge in [-0.05, 0) is 108 Å². The van der Waals surface area contributed by atoms with Crippen molar-refractivity contribution >= 4 is 54.1 Å². The quantitative estimate of drug-likeness (QED) is 0.169. The van der Waals surface area contributed by atoms with Crippen LogP contribution in [0.15, 0.2) is 212 Å². The Labute approximate surface area is 320 Å². The van der Waals surface area contributed by atoms with Gasteiger partial charge in [-0.2, -0.15) is 0 Å². The maximum absolute atomic E-state index is 2.43. The third-order valence-electron chi connectivity index (χ3n) is 11.4. The topological polar surface area (TPSA) is 4.93 Å². The number of hydrogen-bond donors (Lipinski definition) is 0. The summed E-state index contributed by atoms with van der Waals surface area (Å²) in [5, 5.41) is 10.0. The van der Waals surface area contributed by atoms with Crippen LogP contribution in [0.2, 0.25) is 0 Å². The van der Waals surface area contributed by atoms with Crippen LogP contribution in [0.5, 0.6) is 0 Å². The first-order chi connectivity index (χ1) is 27.3. The molecule has 0 unspecified atom stereocenters. The van der Waals surface area contributed by atoms with Gasteiger partial charge in [0.2, 0.25) is 0 Å². The first-order valence-electron chi connectivity index (χ1n) is 19.0. The molecule has 0 spiro atoms. The summed E-state index contributed by atoms with van der Waals surface area (Å²) in [6, 6.07) is 77.8. The molecule has 0 aliphatic rings. The third kappa shape index (κ3) is 5.16. The van der Waals surface area contributed by atoms with Gasteiger partial charge in [0.05, 0.1) is 16.7 Å². The fourth-order valence-electron chi connectivity index (χ4n) is 8.81. The van der Waals surface area contributed by atoms with Crippen molar-refractivity contribution in [2.24, 2.45) is 0 Å². The van der Waals surface area contributed by atoms with E-state index in [-0.39, 0.29) is 0 Å². The maximum atomic E-state index is 2.43. The molecule has 0 fully saturated rings. The standard InChI is InChI=1S/C54H35N/c1-3-17-43-37(13-1)15-11-23-45(43)41-33-40(34-42(35-41)46-24-12-16-38-14-2-4-18-44(38)46)36-27-29-39(30-28-36)47-31-32-54(49-20-6-5-19-48(47)49)55-52-25-9-7-21-50(52)51-22-8-10-26-53(51)55/h1-35H. The van der Waals surface area contributed by atoms with Crippen LogP contribution in [0, 0.1) is 0 Å². The van der Waals surface area contributed by atoms with Gasteiger partial charge in [0.15, 0.2) is 0 Å². The fourth-order valence-corrected chi connectivity index (χ4v) is 8.81. The SMILES string of the molecule is c1ccc2c(-c3cc(-c4ccc(-c5ccc(-n6c7ccccc7c7ccccc76)c6ccccc56)cc4)cc(-c4cccc5ccccc45)c3)cccc2c1. The number of hydrogen-bond acceptors (Lipinski definition) is 0. The van der Waals surface area contributed by atoms with E-state index in [1.807, 2.05) is 0 Å². The second-order valence-corrected chi connectivity index (χ2v) is 14.5.